The average Bonchev–Trinajstić information content (AvgIpc) is 2.77. The van der Waals surface area contributed by atoms with Gasteiger partial charge in [0, 0.05) is 5.75 Å². The number of rotatable bonds is 8. The van der Waals surface area contributed by atoms with Gasteiger partial charge in [0.25, 0.3) is 0 Å². The molecule has 138 valence electrons. The van der Waals surface area contributed by atoms with Crippen LogP contribution in [0.25, 0.3) is 0 Å². The van der Waals surface area contributed by atoms with Crippen molar-refractivity contribution in [3.8, 4) is 0 Å². The molecule has 1 heterocycles. The number of amides is 1. The van der Waals surface area contributed by atoms with Crippen LogP contribution >= 0.6 is 11.8 Å². The quantitative estimate of drug-likeness (QED) is 0.500. The van der Waals surface area contributed by atoms with Crippen LogP contribution in [-0.4, -0.2) is 55.8 Å². The first kappa shape index (κ1) is 20.9. The predicted octanol–water partition coefficient (Wildman–Crippen LogP) is 0.630. The van der Waals surface area contributed by atoms with E-state index in [-0.39, 0.29) is 11.7 Å². The molecule has 1 aliphatic heterocycles. The van der Waals surface area contributed by atoms with E-state index in [0.29, 0.717) is 12.8 Å². The molecule has 4 N–H and O–H groups in total. The second-order valence-corrected chi connectivity index (χ2v) is 7.72. The van der Waals surface area contributed by atoms with Crippen LogP contribution in [0, 0.1) is 17.8 Å². The monoisotopic (exact) mass is 361 g/mol. The van der Waals surface area contributed by atoms with Crippen LogP contribution in [0.1, 0.15) is 40.5 Å². The molecule has 8 heteroatoms. The van der Waals surface area contributed by atoms with Crippen molar-refractivity contribution in [2.24, 2.45) is 17.8 Å². The number of hydrogen-bond donors (Lipinski definition) is 4. The zero-order valence-corrected chi connectivity index (χ0v) is 15.3. The molecule has 0 aliphatic carbocycles. The molecular formula is C16H27NO6S. The summed E-state index contributed by atoms with van der Waals surface area (Å²) in [4.78, 5) is 35.9. The summed E-state index contributed by atoms with van der Waals surface area (Å²) in [5.74, 6) is -3.38. The lowest BCUT2D eigenvalue weighted by Crippen LogP contribution is -2.64. The lowest BCUT2D eigenvalue weighted by atomic mass is 9.79. The molecule has 0 saturated carbocycles. The third kappa shape index (κ3) is 3.92. The van der Waals surface area contributed by atoms with Gasteiger partial charge in [-0.25, -0.2) is 0 Å². The number of carboxylic acid groups (broad SMARTS) is 1. The molecule has 0 aromatic carbocycles. The Balaban J connectivity index is 3.10. The van der Waals surface area contributed by atoms with E-state index in [1.165, 1.54) is 6.92 Å². The lowest BCUT2D eigenvalue weighted by molar-refractivity contribution is -0.140. The molecular weight excluding hydrogens is 334 g/mol. The first-order valence-electron chi connectivity index (χ1n) is 8.17. The van der Waals surface area contributed by atoms with Crippen LogP contribution < -0.4 is 5.32 Å². The molecule has 5 atom stereocenters. The topological polar surface area (TPSA) is 124 Å². The number of aliphatic hydroxyl groups excluding tert-OH is 2. The smallest absolute Gasteiger partial charge is 0.307 e. The van der Waals surface area contributed by atoms with E-state index in [0.717, 1.165) is 11.8 Å². The Morgan fingerprint density at radius 3 is 2.38 bits per heavy atom. The Bertz CT molecular complexity index is 497. The maximum absolute atomic E-state index is 12.8. The highest BCUT2D eigenvalue weighted by molar-refractivity contribution is 8.13. The minimum Gasteiger partial charge on any atom is -0.481 e. The van der Waals surface area contributed by atoms with Crippen molar-refractivity contribution in [2.45, 2.75) is 58.3 Å². The molecule has 24 heavy (non-hydrogen) atoms. The minimum absolute atomic E-state index is 0.00175. The van der Waals surface area contributed by atoms with Gasteiger partial charge in [0.15, 0.2) is 5.54 Å². The fourth-order valence-electron chi connectivity index (χ4n) is 2.89. The highest BCUT2D eigenvalue weighted by Crippen LogP contribution is 2.38. The van der Waals surface area contributed by atoms with Crippen molar-refractivity contribution >= 4 is 28.8 Å². The van der Waals surface area contributed by atoms with Crippen molar-refractivity contribution in [2.75, 3.05) is 5.75 Å². The van der Waals surface area contributed by atoms with E-state index in [1.54, 1.807) is 13.8 Å². The van der Waals surface area contributed by atoms with Gasteiger partial charge in [-0.15, -0.1) is 0 Å². The molecule has 1 amide bonds. The van der Waals surface area contributed by atoms with Crippen molar-refractivity contribution in [3.05, 3.63) is 0 Å². The summed E-state index contributed by atoms with van der Waals surface area (Å²) >= 11 is 0.726. The maximum Gasteiger partial charge on any atom is 0.307 e. The highest BCUT2D eigenvalue weighted by Gasteiger charge is 2.61. The Morgan fingerprint density at radius 2 is 1.92 bits per heavy atom. The second-order valence-electron chi connectivity index (χ2n) is 6.72. The van der Waals surface area contributed by atoms with Gasteiger partial charge in [-0.05, 0) is 12.3 Å². The highest BCUT2D eigenvalue weighted by atomic mass is 32.2. The van der Waals surface area contributed by atoms with Crippen LogP contribution in [0.5, 0.6) is 0 Å². The Morgan fingerprint density at radius 1 is 1.33 bits per heavy atom. The largest absolute Gasteiger partial charge is 0.481 e. The molecule has 0 bridgehead atoms. The standard InChI is InChI=1S/C16H27NO6S/c1-5-6-10-12(19)16(17-13(10)20,11(18)8(2)3)15(23)24-7-9(4)14(21)22/h8-12,18-19H,5-7H2,1-4H3,(H,17,20)(H,21,22)/t9-,10+,11-,12-,16+/m0/s1. The molecule has 0 unspecified atom stereocenters. The molecule has 0 aromatic rings. The van der Waals surface area contributed by atoms with E-state index in [1.807, 2.05) is 6.92 Å². The second kappa shape index (κ2) is 8.31. The Labute approximate surface area is 146 Å². The number of aliphatic hydroxyl groups is 2. The summed E-state index contributed by atoms with van der Waals surface area (Å²) in [6.45, 7) is 6.72. The zero-order valence-electron chi connectivity index (χ0n) is 14.5. The molecule has 1 rings (SSSR count). The summed E-state index contributed by atoms with van der Waals surface area (Å²) in [7, 11) is 0. The minimum atomic E-state index is -1.80. The zero-order chi connectivity index (χ0) is 18.7. The number of carbonyl (C=O) groups excluding carboxylic acids is 2. The maximum atomic E-state index is 12.8. The van der Waals surface area contributed by atoms with Crippen LogP contribution in [0.2, 0.25) is 0 Å². The number of aliphatic carboxylic acids is 1. The van der Waals surface area contributed by atoms with Gasteiger partial charge in [-0.2, -0.15) is 0 Å². The third-order valence-electron chi connectivity index (χ3n) is 4.44. The van der Waals surface area contributed by atoms with E-state index in [2.05, 4.69) is 5.32 Å². The summed E-state index contributed by atoms with van der Waals surface area (Å²) in [5, 5.41) is 32.1. The lowest BCUT2D eigenvalue weighted by Gasteiger charge is -2.37. The molecule has 0 aromatic heterocycles. The predicted molar refractivity (Wildman–Crippen MR) is 90.4 cm³/mol. The van der Waals surface area contributed by atoms with E-state index >= 15 is 0 Å². The van der Waals surface area contributed by atoms with Crippen LogP contribution in [0.15, 0.2) is 0 Å². The fourth-order valence-corrected chi connectivity index (χ4v) is 3.97. The van der Waals surface area contributed by atoms with E-state index in [4.69, 9.17) is 5.11 Å². The summed E-state index contributed by atoms with van der Waals surface area (Å²) < 4.78 is 0. The van der Waals surface area contributed by atoms with Crippen LogP contribution in [0.4, 0.5) is 0 Å². The Hall–Kier alpha value is -1.12. The van der Waals surface area contributed by atoms with E-state index < -0.39 is 46.6 Å². The van der Waals surface area contributed by atoms with Gasteiger partial charge in [0.05, 0.1) is 24.0 Å². The first-order chi connectivity index (χ1) is 11.1. The number of thioether (sulfide) groups is 1. The molecule has 7 nitrogen and oxygen atoms in total. The molecule has 1 saturated heterocycles. The molecule has 1 fully saturated rings. The van der Waals surface area contributed by atoms with Gasteiger partial charge < -0.3 is 20.6 Å². The van der Waals surface area contributed by atoms with Crippen LogP contribution in [-0.2, 0) is 14.4 Å². The molecule has 0 spiro atoms. The number of carboxylic acids is 1. The number of hydrogen-bond acceptors (Lipinski definition) is 6. The summed E-state index contributed by atoms with van der Waals surface area (Å²) in [5.41, 5.74) is -1.80. The van der Waals surface area contributed by atoms with Crippen molar-refractivity contribution in [1.82, 2.24) is 5.32 Å². The fraction of sp³-hybridized carbons (Fsp3) is 0.812. The SMILES string of the molecule is CCC[C@H]1C(=O)N[C@](C(=O)SC[C@H](C)C(=O)O)([C@@H](O)C(C)C)[C@H]1O. The van der Waals surface area contributed by atoms with Gasteiger partial charge in [-0.3, -0.25) is 14.4 Å². The summed E-state index contributed by atoms with van der Waals surface area (Å²) in [6, 6.07) is 0. The van der Waals surface area contributed by atoms with Crippen molar-refractivity contribution in [3.63, 3.8) is 0 Å². The van der Waals surface area contributed by atoms with E-state index in [9.17, 15) is 24.6 Å². The van der Waals surface area contributed by atoms with Gasteiger partial charge in [-0.1, -0.05) is 45.9 Å². The van der Waals surface area contributed by atoms with Crippen molar-refractivity contribution in [1.29, 1.82) is 0 Å². The number of carbonyl (C=O) groups is 3. The van der Waals surface area contributed by atoms with Gasteiger partial charge >= 0.3 is 5.97 Å². The van der Waals surface area contributed by atoms with Crippen LogP contribution in [0.3, 0.4) is 0 Å². The third-order valence-corrected chi connectivity index (χ3v) is 5.70. The summed E-state index contributed by atoms with van der Waals surface area (Å²) in [6.07, 6.45) is -1.55. The Kier molecular flexibility index (Phi) is 7.25. The van der Waals surface area contributed by atoms with Crippen molar-refractivity contribution < 1.29 is 29.7 Å². The average molecular weight is 361 g/mol. The molecule has 0 radical (unpaired) electrons. The van der Waals surface area contributed by atoms with Gasteiger partial charge in [0.1, 0.15) is 0 Å². The normalized spacial score (nSPS) is 29.4. The first-order valence-corrected chi connectivity index (χ1v) is 9.16. The van der Waals surface area contributed by atoms with Gasteiger partial charge in [0.2, 0.25) is 11.0 Å². The molecule has 1 aliphatic rings. The number of nitrogens with one attached hydrogen (secondary N) is 1.